The van der Waals surface area contributed by atoms with E-state index in [1.807, 2.05) is 12.1 Å². The van der Waals surface area contributed by atoms with Crippen molar-refractivity contribution in [3.05, 3.63) is 33.8 Å². The molecule has 0 aliphatic rings. The Balaban J connectivity index is 2.99. The molecule has 1 aromatic rings. The van der Waals surface area contributed by atoms with Crippen LogP contribution in [0.3, 0.4) is 0 Å². The van der Waals surface area contributed by atoms with E-state index in [9.17, 15) is 0 Å². The molecule has 0 aromatic heterocycles. The maximum Gasteiger partial charge on any atom is 0.0455 e. The van der Waals surface area contributed by atoms with E-state index in [4.69, 9.17) is 23.2 Å². The minimum atomic E-state index is 0.477. The molecule has 1 unspecified atom stereocenters. The summed E-state index contributed by atoms with van der Waals surface area (Å²) in [6.07, 6.45) is 1.08. The van der Waals surface area contributed by atoms with Gasteiger partial charge in [-0.05, 0) is 30.0 Å². The van der Waals surface area contributed by atoms with Gasteiger partial charge < -0.3 is 0 Å². The number of alkyl halides is 1. The summed E-state index contributed by atoms with van der Waals surface area (Å²) < 4.78 is 0. The first-order valence-corrected chi connectivity index (χ1v) is 6.07. The van der Waals surface area contributed by atoms with E-state index in [2.05, 4.69) is 22.9 Å². The first-order chi connectivity index (χ1) is 6.19. The van der Waals surface area contributed by atoms with Gasteiger partial charge in [0, 0.05) is 15.4 Å². The van der Waals surface area contributed by atoms with Crippen LogP contribution in [0.5, 0.6) is 0 Å². The van der Waals surface area contributed by atoms with E-state index < -0.39 is 0 Å². The Hall–Kier alpha value is 0.280. The van der Waals surface area contributed by atoms with Crippen LogP contribution in [0.4, 0.5) is 0 Å². The molecule has 0 aliphatic carbocycles. The number of halogens is 3. The monoisotopic (exact) mass is 280 g/mol. The van der Waals surface area contributed by atoms with Gasteiger partial charge in [-0.25, -0.2) is 0 Å². The lowest BCUT2D eigenvalue weighted by Gasteiger charge is -2.13. The SMILES string of the molecule is CCC(CBr)c1ccc(Cl)cc1Cl. The Morgan fingerprint density at radius 2 is 2.08 bits per heavy atom. The number of benzene rings is 1. The smallest absolute Gasteiger partial charge is 0.0455 e. The van der Waals surface area contributed by atoms with Crippen LogP contribution in [-0.4, -0.2) is 5.33 Å². The van der Waals surface area contributed by atoms with Gasteiger partial charge in [0.25, 0.3) is 0 Å². The molecular formula is C10H11BrCl2. The maximum atomic E-state index is 6.08. The summed E-state index contributed by atoms with van der Waals surface area (Å²) in [6, 6.07) is 5.68. The van der Waals surface area contributed by atoms with Gasteiger partial charge in [0.1, 0.15) is 0 Å². The van der Waals surface area contributed by atoms with Gasteiger partial charge in [0.2, 0.25) is 0 Å². The predicted molar refractivity (Wildman–Crippen MR) is 63.3 cm³/mol. The van der Waals surface area contributed by atoms with E-state index in [1.54, 1.807) is 6.07 Å². The molecule has 0 bridgehead atoms. The van der Waals surface area contributed by atoms with Gasteiger partial charge in [-0.15, -0.1) is 0 Å². The second-order valence-corrected chi connectivity index (χ2v) is 4.42. The largest absolute Gasteiger partial charge is 0.0921 e. The van der Waals surface area contributed by atoms with E-state index in [-0.39, 0.29) is 0 Å². The zero-order valence-corrected chi connectivity index (χ0v) is 10.5. The third-order valence-electron chi connectivity index (χ3n) is 2.08. The molecule has 0 nitrogen and oxygen atoms in total. The average molecular weight is 282 g/mol. The van der Waals surface area contributed by atoms with Gasteiger partial charge in [-0.3, -0.25) is 0 Å². The van der Waals surface area contributed by atoms with Gasteiger partial charge in [0.05, 0.1) is 0 Å². The highest BCUT2D eigenvalue weighted by Crippen LogP contribution is 2.30. The maximum absolute atomic E-state index is 6.08. The highest BCUT2D eigenvalue weighted by Gasteiger charge is 2.11. The normalized spacial score (nSPS) is 12.9. The third-order valence-corrected chi connectivity index (χ3v) is 3.43. The van der Waals surface area contributed by atoms with Crippen LogP contribution in [-0.2, 0) is 0 Å². The van der Waals surface area contributed by atoms with Crippen LogP contribution in [0, 0.1) is 0 Å². The Morgan fingerprint density at radius 3 is 2.54 bits per heavy atom. The molecule has 0 aliphatic heterocycles. The second kappa shape index (κ2) is 5.23. The molecule has 0 spiro atoms. The number of hydrogen-bond donors (Lipinski definition) is 0. The highest BCUT2D eigenvalue weighted by molar-refractivity contribution is 9.09. The van der Waals surface area contributed by atoms with Gasteiger partial charge >= 0.3 is 0 Å². The van der Waals surface area contributed by atoms with Crippen LogP contribution >= 0.6 is 39.1 Å². The molecule has 0 saturated heterocycles. The van der Waals surface area contributed by atoms with Crippen molar-refractivity contribution < 1.29 is 0 Å². The molecule has 0 heterocycles. The average Bonchev–Trinajstić information content (AvgIpc) is 2.10. The Morgan fingerprint density at radius 1 is 1.38 bits per heavy atom. The molecule has 1 rings (SSSR count). The van der Waals surface area contributed by atoms with Gasteiger partial charge in [-0.2, -0.15) is 0 Å². The van der Waals surface area contributed by atoms with Crippen molar-refractivity contribution in [1.82, 2.24) is 0 Å². The van der Waals surface area contributed by atoms with Gasteiger partial charge in [-0.1, -0.05) is 52.1 Å². The first-order valence-electron chi connectivity index (χ1n) is 4.20. The lowest BCUT2D eigenvalue weighted by atomic mass is 9.99. The van der Waals surface area contributed by atoms with Crippen LogP contribution in [0.25, 0.3) is 0 Å². The molecule has 1 atom stereocenters. The zero-order chi connectivity index (χ0) is 9.84. The summed E-state index contributed by atoms with van der Waals surface area (Å²) in [7, 11) is 0. The fourth-order valence-corrected chi connectivity index (χ4v) is 2.61. The van der Waals surface area contributed by atoms with Crippen LogP contribution in [0.1, 0.15) is 24.8 Å². The lowest BCUT2D eigenvalue weighted by molar-refractivity contribution is 0.749. The molecule has 3 heteroatoms. The molecule has 0 saturated carbocycles. The highest BCUT2D eigenvalue weighted by atomic mass is 79.9. The summed E-state index contributed by atoms with van der Waals surface area (Å²) in [4.78, 5) is 0. The quantitative estimate of drug-likeness (QED) is 0.693. The molecule has 72 valence electrons. The van der Waals surface area contributed by atoms with E-state index in [0.29, 0.717) is 10.9 Å². The van der Waals surface area contributed by atoms with Gasteiger partial charge in [0.15, 0.2) is 0 Å². The van der Waals surface area contributed by atoms with Crippen molar-refractivity contribution >= 4 is 39.1 Å². The fourth-order valence-electron chi connectivity index (χ4n) is 1.24. The Kier molecular flexibility index (Phi) is 4.57. The summed E-state index contributed by atoms with van der Waals surface area (Å²) in [5, 5.41) is 2.39. The molecule has 1 aromatic carbocycles. The van der Waals surface area contributed by atoms with E-state index >= 15 is 0 Å². The van der Waals surface area contributed by atoms with Crippen LogP contribution < -0.4 is 0 Å². The van der Waals surface area contributed by atoms with Crippen LogP contribution in [0.15, 0.2) is 18.2 Å². The zero-order valence-electron chi connectivity index (χ0n) is 7.36. The summed E-state index contributed by atoms with van der Waals surface area (Å²) >= 11 is 15.4. The predicted octanol–water partition coefficient (Wildman–Crippen LogP) is 4.88. The standard InChI is InChI=1S/C10H11BrCl2/c1-2-7(6-11)9-4-3-8(12)5-10(9)13/h3-5,7H,2,6H2,1H3. The molecular weight excluding hydrogens is 271 g/mol. The number of rotatable bonds is 3. The topological polar surface area (TPSA) is 0 Å². The van der Waals surface area contributed by atoms with Crippen molar-refractivity contribution in [3.8, 4) is 0 Å². The third kappa shape index (κ3) is 2.87. The lowest BCUT2D eigenvalue weighted by Crippen LogP contribution is -1.98. The van der Waals surface area contributed by atoms with Crippen molar-refractivity contribution in [2.24, 2.45) is 0 Å². The molecule has 0 amide bonds. The second-order valence-electron chi connectivity index (χ2n) is 2.93. The van der Waals surface area contributed by atoms with E-state index in [1.165, 1.54) is 5.56 Å². The first kappa shape index (κ1) is 11.4. The minimum absolute atomic E-state index is 0.477. The Labute approximate surface area is 97.4 Å². The minimum Gasteiger partial charge on any atom is -0.0921 e. The van der Waals surface area contributed by atoms with Crippen LogP contribution in [0.2, 0.25) is 10.0 Å². The molecule has 0 radical (unpaired) electrons. The van der Waals surface area contributed by atoms with Crippen molar-refractivity contribution in [1.29, 1.82) is 0 Å². The fraction of sp³-hybridized carbons (Fsp3) is 0.400. The van der Waals surface area contributed by atoms with Crippen molar-refractivity contribution in [3.63, 3.8) is 0 Å². The summed E-state index contributed by atoms with van der Waals surface area (Å²) in [5.41, 5.74) is 1.17. The van der Waals surface area contributed by atoms with Crippen molar-refractivity contribution in [2.75, 3.05) is 5.33 Å². The Bertz CT molecular complexity index is 282. The molecule has 0 N–H and O–H groups in total. The van der Waals surface area contributed by atoms with E-state index in [0.717, 1.165) is 16.8 Å². The van der Waals surface area contributed by atoms with Crippen molar-refractivity contribution in [2.45, 2.75) is 19.3 Å². The molecule has 13 heavy (non-hydrogen) atoms. The number of hydrogen-bond acceptors (Lipinski definition) is 0. The summed E-state index contributed by atoms with van der Waals surface area (Å²) in [6.45, 7) is 2.15. The summed E-state index contributed by atoms with van der Waals surface area (Å²) in [5.74, 6) is 0.477. The molecule has 0 fully saturated rings.